The summed E-state index contributed by atoms with van der Waals surface area (Å²) in [5, 5.41) is 3.36. The lowest BCUT2D eigenvalue weighted by atomic mass is 10.1. The van der Waals surface area contributed by atoms with Gasteiger partial charge in [-0.25, -0.2) is 0 Å². The summed E-state index contributed by atoms with van der Waals surface area (Å²) in [7, 11) is 0. The van der Waals surface area contributed by atoms with Crippen LogP contribution in [-0.2, 0) is 9.53 Å². The number of rotatable bonds is 3. The van der Waals surface area contributed by atoms with Crippen LogP contribution < -0.4 is 5.32 Å². The van der Waals surface area contributed by atoms with Gasteiger partial charge in [0.2, 0.25) is 0 Å². The summed E-state index contributed by atoms with van der Waals surface area (Å²) in [4.78, 5) is 14.3. The minimum atomic E-state index is -0.284. The van der Waals surface area contributed by atoms with Crippen LogP contribution in [0.5, 0.6) is 0 Å². The van der Waals surface area contributed by atoms with Crippen molar-refractivity contribution >= 4 is 5.91 Å². The fourth-order valence-electron chi connectivity index (χ4n) is 3.11. The molecule has 1 amide bonds. The van der Waals surface area contributed by atoms with Gasteiger partial charge < -0.3 is 15.0 Å². The molecule has 4 nitrogen and oxygen atoms in total. The van der Waals surface area contributed by atoms with Crippen molar-refractivity contribution in [3.05, 3.63) is 0 Å². The van der Waals surface area contributed by atoms with E-state index >= 15 is 0 Å². The van der Waals surface area contributed by atoms with Crippen LogP contribution in [-0.4, -0.2) is 48.7 Å². The summed E-state index contributed by atoms with van der Waals surface area (Å²) in [5.74, 6) is 0.164. The van der Waals surface area contributed by atoms with Crippen LogP contribution >= 0.6 is 0 Å². The maximum absolute atomic E-state index is 12.4. The predicted molar refractivity (Wildman–Crippen MR) is 76.1 cm³/mol. The Morgan fingerprint density at radius 1 is 1.26 bits per heavy atom. The van der Waals surface area contributed by atoms with Crippen LogP contribution in [0.25, 0.3) is 0 Å². The zero-order valence-electron chi connectivity index (χ0n) is 12.4. The van der Waals surface area contributed by atoms with Gasteiger partial charge in [-0.1, -0.05) is 25.7 Å². The van der Waals surface area contributed by atoms with Crippen molar-refractivity contribution in [3.63, 3.8) is 0 Å². The van der Waals surface area contributed by atoms with Crippen molar-refractivity contribution < 1.29 is 9.53 Å². The van der Waals surface area contributed by atoms with Gasteiger partial charge in [-0.15, -0.1) is 0 Å². The molecule has 0 aromatic carbocycles. The zero-order valence-corrected chi connectivity index (χ0v) is 12.4. The molecule has 0 bridgehead atoms. The van der Waals surface area contributed by atoms with E-state index in [2.05, 4.69) is 12.2 Å². The highest BCUT2D eigenvalue weighted by Gasteiger charge is 2.27. The van der Waals surface area contributed by atoms with Gasteiger partial charge in [0.15, 0.2) is 0 Å². The molecule has 110 valence electrons. The minimum absolute atomic E-state index is 0.164. The first-order valence-electron chi connectivity index (χ1n) is 7.84. The molecule has 2 aliphatic rings. The first-order chi connectivity index (χ1) is 9.16. The van der Waals surface area contributed by atoms with E-state index in [-0.39, 0.29) is 12.0 Å². The molecule has 2 atom stereocenters. The molecule has 0 aromatic heterocycles. The number of hydrogen-bond donors (Lipinski definition) is 1. The van der Waals surface area contributed by atoms with Crippen molar-refractivity contribution in [1.82, 2.24) is 10.2 Å². The van der Waals surface area contributed by atoms with E-state index in [1.807, 2.05) is 11.8 Å². The smallest absolute Gasteiger partial charge is 0.251 e. The second-order valence-electron chi connectivity index (χ2n) is 6.03. The van der Waals surface area contributed by atoms with E-state index in [4.69, 9.17) is 4.74 Å². The number of nitrogens with one attached hydrogen (secondary N) is 1. The Bertz CT molecular complexity index is 288. The third-order valence-corrected chi connectivity index (χ3v) is 4.23. The third-order valence-electron chi connectivity index (χ3n) is 4.23. The van der Waals surface area contributed by atoms with Gasteiger partial charge in [0.25, 0.3) is 5.91 Å². The molecule has 19 heavy (non-hydrogen) atoms. The normalized spacial score (nSPS) is 27.9. The molecule has 1 N–H and O–H groups in total. The summed E-state index contributed by atoms with van der Waals surface area (Å²) in [5.41, 5.74) is 0. The fourth-order valence-corrected chi connectivity index (χ4v) is 3.11. The van der Waals surface area contributed by atoms with Gasteiger partial charge in [-0.3, -0.25) is 4.79 Å². The number of ether oxygens (including phenoxy) is 1. The van der Waals surface area contributed by atoms with Gasteiger partial charge in [-0.2, -0.15) is 0 Å². The minimum Gasteiger partial charge on any atom is -0.365 e. The molecule has 0 aromatic rings. The predicted octanol–water partition coefficient (Wildman–Crippen LogP) is 1.93. The van der Waals surface area contributed by atoms with Crippen LogP contribution in [0.4, 0.5) is 0 Å². The molecule has 2 unspecified atom stereocenters. The number of piperazine rings is 1. The number of amides is 1. The monoisotopic (exact) mass is 268 g/mol. The van der Waals surface area contributed by atoms with E-state index in [1.54, 1.807) is 0 Å². The first-order valence-corrected chi connectivity index (χ1v) is 7.84. The third kappa shape index (κ3) is 4.46. The van der Waals surface area contributed by atoms with E-state index < -0.39 is 0 Å². The zero-order chi connectivity index (χ0) is 13.7. The average molecular weight is 268 g/mol. The maximum atomic E-state index is 12.4. The number of carbonyl (C=O) groups excluding carboxylic acids is 1. The lowest BCUT2D eigenvalue weighted by molar-refractivity contribution is -0.147. The van der Waals surface area contributed by atoms with E-state index in [9.17, 15) is 4.79 Å². The van der Waals surface area contributed by atoms with Crippen LogP contribution in [0.15, 0.2) is 0 Å². The van der Waals surface area contributed by atoms with Gasteiger partial charge in [0.05, 0.1) is 6.10 Å². The van der Waals surface area contributed by atoms with E-state index in [1.165, 1.54) is 25.7 Å². The number of carbonyl (C=O) groups is 1. The number of hydrogen-bond acceptors (Lipinski definition) is 3. The van der Waals surface area contributed by atoms with E-state index in [0.717, 1.165) is 32.5 Å². The Hall–Kier alpha value is -0.610. The van der Waals surface area contributed by atoms with Crippen molar-refractivity contribution in [2.24, 2.45) is 0 Å². The molecule has 0 spiro atoms. The first kappa shape index (κ1) is 14.8. The second kappa shape index (κ2) is 7.25. The standard InChI is InChI=1S/C15H28N2O2/c1-12-11-17(10-9-16-12)15(18)13(2)19-14-7-5-3-4-6-8-14/h12-14,16H,3-11H2,1-2H3. The molecule has 1 saturated heterocycles. The van der Waals surface area contributed by atoms with Crippen molar-refractivity contribution in [3.8, 4) is 0 Å². The molecule has 1 saturated carbocycles. The van der Waals surface area contributed by atoms with Crippen LogP contribution in [0.2, 0.25) is 0 Å². The molecule has 1 aliphatic heterocycles. The molecular formula is C15H28N2O2. The van der Waals surface area contributed by atoms with Gasteiger partial charge >= 0.3 is 0 Å². The second-order valence-corrected chi connectivity index (χ2v) is 6.03. The van der Waals surface area contributed by atoms with E-state index in [0.29, 0.717) is 12.1 Å². The Balaban J connectivity index is 1.80. The molecule has 1 aliphatic carbocycles. The summed E-state index contributed by atoms with van der Waals surface area (Å²) >= 11 is 0. The Kier molecular flexibility index (Phi) is 5.64. The van der Waals surface area contributed by atoms with Crippen LogP contribution in [0.1, 0.15) is 52.4 Å². The van der Waals surface area contributed by atoms with Gasteiger partial charge in [0.1, 0.15) is 6.10 Å². The summed E-state index contributed by atoms with van der Waals surface area (Å²) in [6, 6.07) is 0.391. The fraction of sp³-hybridized carbons (Fsp3) is 0.933. The molecular weight excluding hydrogens is 240 g/mol. The topological polar surface area (TPSA) is 41.6 Å². The highest BCUT2D eigenvalue weighted by Crippen LogP contribution is 2.21. The lowest BCUT2D eigenvalue weighted by Gasteiger charge is -2.34. The van der Waals surface area contributed by atoms with Crippen LogP contribution in [0, 0.1) is 0 Å². The highest BCUT2D eigenvalue weighted by molar-refractivity contribution is 5.80. The van der Waals surface area contributed by atoms with Gasteiger partial charge in [-0.05, 0) is 26.7 Å². The molecule has 2 fully saturated rings. The Morgan fingerprint density at radius 3 is 2.58 bits per heavy atom. The summed E-state index contributed by atoms with van der Waals surface area (Å²) < 4.78 is 6.01. The summed E-state index contributed by atoms with van der Waals surface area (Å²) in [6.45, 7) is 6.54. The molecule has 0 radical (unpaired) electrons. The molecule has 4 heteroatoms. The maximum Gasteiger partial charge on any atom is 0.251 e. The quantitative estimate of drug-likeness (QED) is 0.795. The number of nitrogens with zero attached hydrogens (tertiary/aromatic N) is 1. The van der Waals surface area contributed by atoms with Gasteiger partial charge in [0, 0.05) is 25.7 Å². The average Bonchev–Trinajstić information content (AvgIpc) is 2.66. The van der Waals surface area contributed by atoms with Crippen molar-refractivity contribution in [2.75, 3.05) is 19.6 Å². The van der Waals surface area contributed by atoms with Crippen molar-refractivity contribution in [2.45, 2.75) is 70.6 Å². The highest BCUT2D eigenvalue weighted by atomic mass is 16.5. The molecule has 1 heterocycles. The molecule has 2 rings (SSSR count). The largest absolute Gasteiger partial charge is 0.365 e. The Labute approximate surface area is 116 Å². The SMILES string of the molecule is CC1CN(C(=O)C(C)OC2CCCCCC2)CCN1. The summed E-state index contributed by atoms with van der Waals surface area (Å²) in [6.07, 6.45) is 7.38. The lowest BCUT2D eigenvalue weighted by Crippen LogP contribution is -2.54. The van der Waals surface area contributed by atoms with Crippen molar-refractivity contribution in [1.29, 1.82) is 0 Å². The Morgan fingerprint density at radius 2 is 1.95 bits per heavy atom. The van der Waals surface area contributed by atoms with Crippen LogP contribution in [0.3, 0.4) is 0 Å².